The molecule has 0 radical (unpaired) electrons. The maximum atomic E-state index is 12.3. The van der Waals surface area contributed by atoms with Gasteiger partial charge >= 0.3 is 5.97 Å². The second kappa shape index (κ2) is 6.89. The number of carbonyl (C=O) groups is 2. The molecule has 0 aliphatic carbocycles. The van der Waals surface area contributed by atoms with Crippen LogP contribution in [0.2, 0.25) is 0 Å². The fourth-order valence-corrected chi connectivity index (χ4v) is 1.79. The lowest BCUT2D eigenvalue weighted by Crippen LogP contribution is -2.38. The summed E-state index contributed by atoms with van der Waals surface area (Å²) in [6.07, 6.45) is -0.827. The fourth-order valence-electron chi connectivity index (χ4n) is 1.79. The Morgan fingerprint density at radius 2 is 2.05 bits per heavy atom. The molecule has 1 rings (SSSR count). The molecule has 1 aromatic carbocycles. The Bertz CT molecular complexity index is 457. The highest BCUT2D eigenvalue weighted by molar-refractivity contribution is 5.94. The lowest BCUT2D eigenvalue weighted by atomic mass is 10.1. The third-order valence-corrected chi connectivity index (χ3v) is 2.63. The number of carboxylic acids is 1. The number of hydrogen-bond acceptors (Lipinski definition) is 3. The number of aliphatic hydroxyl groups excluding tert-OH is 1. The van der Waals surface area contributed by atoms with E-state index in [1.54, 1.807) is 25.1 Å². The number of carbonyl (C=O) groups excluding carboxylic acids is 1. The third-order valence-electron chi connectivity index (χ3n) is 2.63. The summed E-state index contributed by atoms with van der Waals surface area (Å²) >= 11 is 0. The number of carboxylic acid groups (broad SMARTS) is 1. The third kappa shape index (κ3) is 5.09. The predicted molar refractivity (Wildman–Crippen MR) is 71.0 cm³/mol. The van der Waals surface area contributed by atoms with Gasteiger partial charge in [0, 0.05) is 18.7 Å². The van der Waals surface area contributed by atoms with Crippen LogP contribution in [0, 0.1) is 6.92 Å². The van der Waals surface area contributed by atoms with Crippen LogP contribution < -0.4 is 0 Å². The van der Waals surface area contributed by atoms with E-state index in [1.165, 1.54) is 4.90 Å². The van der Waals surface area contributed by atoms with Crippen molar-refractivity contribution in [2.75, 3.05) is 13.1 Å². The van der Waals surface area contributed by atoms with Gasteiger partial charge in [0.2, 0.25) is 0 Å². The van der Waals surface area contributed by atoms with Gasteiger partial charge in [-0.1, -0.05) is 17.7 Å². The van der Waals surface area contributed by atoms with Gasteiger partial charge in [0.05, 0.1) is 12.5 Å². The van der Waals surface area contributed by atoms with Gasteiger partial charge in [-0.25, -0.2) is 0 Å². The molecule has 0 spiro atoms. The summed E-state index contributed by atoms with van der Waals surface area (Å²) < 4.78 is 0. The molecule has 0 saturated heterocycles. The summed E-state index contributed by atoms with van der Waals surface area (Å²) in [5, 5.41) is 18.1. The van der Waals surface area contributed by atoms with Gasteiger partial charge in [0.1, 0.15) is 0 Å². The van der Waals surface area contributed by atoms with Gasteiger partial charge < -0.3 is 15.1 Å². The monoisotopic (exact) mass is 265 g/mol. The van der Waals surface area contributed by atoms with Crippen LogP contribution in [0.3, 0.4) is 0 Å². The van der Waals surface area contributed by atoms with Crippen molar-refractivity contribution in [3.63, 3.8) is 0 Å². The summed E-state index contributed by atoms with van der Waals surface area (Å²) in [6, 6.07) is 7.09. The number of aliphatic carboxylic acids is 1. The Labute approximate surface area is 112 Å². The number of rotatable bonds is 6. The minimum absolute atomic E-state index is 0.0903. The van der Waals surface area contributed by atoms with Crippen LogP contribution >= 0.6 is 0 Å². The Morgan fingerprint density at radius 3 is 2.58 bits per heavy atom. The number of amides is 1. The van der Waals surface area contributed by atoms with E-state index in [2.05, 4.69) is 0 Å². The van der Waals surface area contributed by atoms with E-state index in [1.807, 2.05) is 13.0 Å². The Morgan fingerprint density at radius 1 is 1.37 bits per heavy atom. The van der Waals surface area contributed by atoms with Crippen LogP contribution in [-0.2, 0) is 4.79 Å². The Balaban J connectivity index is 2.83. The minimum Gasteiger partial charge on any atom is -0.481 e. The van der Waals surface area contributed by atoms with E-state index < -0.39 is 12.1 Å². The number of aliphatic hydroxyl groups is 1. The smallest absolute Gasteiger partial charge is 0.305 e. The largest absolute Gasteiger partial charge is 0.481 e. The predicted octanol–water partition coefficient (Wildman–Crippen LogP) is 1.29. The summed E-state index contributed by atoms with van der Waals surface area (Å²) in [4.78, 5) is 24.2. The highest BCUT2D eigenvalue weighted by atomic mass is 16.4. The minimum atomic E-state index is -0.965. The van der Waals surface area contributed by atoms with E-state index in [4.69, 9.17) is 5.11 Å². The summed E-state index contributed by atoms with van der Waals surface area (Å²) in [6.45, 7) is 3.66. The van der Waals surface area contributed by atoms with Crippen molar-refractivity contribution in [1.82, 2.24) is 4.90 Å². The first-order valence-corrected chi connectivity index (χ1v) is 6.16. The standard InChI is InChI=1S/C14H19NO4/c1-10-4-3-5-12(8-10)14(19)15(9-11(2)16)7-6-13(17)18/h3-5,8,11,16H,6-7,9H2,1-2H3,(H,17,18). The topological polar surface area (TPSA) is 77.8 Å². The molecule has 0 heterocycles. The lowest BCUT2D eigenvalue weighted by molar-refractivity contribution is -0.137. The van der Waals surface area contributed by atoms with Crippen LogP contribution in [0.5, 0.6) is 0 Å². The molecule has 5 nitrogen and oxygen atoms in total. The average Bonchev–Trinajstić information content (AvgIpc) is 2.33. The molecule has 1 atom stereocenters. The second-order valence-electron chi connectivity index (χ2n) is 4.61. The molecule has 5 heteroatoms. The number of aryl methyl sites for hydroxylation is 1. The quantitative estimate of drug-likeness (QED) is 0.812. The molecule has 0 fully saturated rings. The maximum absolute atomic E-state index is 12.3. The molecule has 0 bridgehead atoms. The van der Waals surface area contributed by atoms with E-state index in [0.29, 0.717) is 5.56 Å². The maximum Gasteiger partial charge on any atom is 0.305 e. The van der Waals surface area contributed by atoms with E-state index in [0.717, 1.165) is 5.56 Å². The first-order chi connectivity index (χ1) is 8.90. The van der Waals surface area contributed by atoms with Crippen molar-refractivity contribution in [3.05, 3.63) is 35.4 Å². The van der Waals surface area contributed by atoms with E-state index in [9.17, 15) is 14.7 Å². The van der Waals surface area contributed by atoms with Crippen LogP contribution in [0.1, 0.15) is 29.3 Å². The molecule has 0 saturated carbocycles. The molecule has 0 aromatic heterocycles. The summed E-state index contributed by atoms with van der Waals surface area (Å²) in [5.41, 5.74) is 1.46. The van der Waals surface area contributed by atoms with E-state index >= 15 is 0 Å². The van der Waals surface area contributed by atoms with Gasteiger partial charge in [-0.3, -0.25) is 9.59 Å². The fraction of sp³-hybridized carbons (Fsp3) is 0.429. The molecule has 1 unspecified atom stereocenters. The first-order valence-electron chi connectivity index (χ1n) is 6.16. The molecule has 104 valence electrons. The first kappa shape index (κ1) is 15.2. The van der Waals surface area contributed by atoms with Crippen LogP contribution in [-0.4, -0.2) is 46.2 Å². The zero-order chi connectivity index (χ0) is 14.4. The molecule has 2 N–H and O–H groups in total. The lowest BCUT2D eigenvalue weighted by Gasteiger charge is -2.23. The van der Waals surface area contributed by atoms with Crippen molar-refractivity contribution < 1.29 is 19.8 Å². The second-order valence-corrected chi connectivity index (χ2v) is 4.61. The van der Waals surface area contributed by atoms with E-state index in [-0.39, 0.29) is 25.4 Å². The molecule has 1 amide bonds. The van der Waals surface area contributed by atoms with Crippen molar-refractivity contribution in [1.29, 1.82) is 0 Å². The van der Waals surface area contributed by atoms with Crippen molar-refractivity contribution in [3.8, 4) is 0 Å². The van der Waals surface area contributed by atoms with Gasteiger partial charge in [0.25, 0.3) is 5.91 Å². The van der Waals surface area contributed by atoms with Crippen molar-refractivity contribution in [2.45, 2.75) is 26.4 Å². The van der Waals surface area contributed by atoms with Crippen molar-refractivity contribution in [2.24, 2.45) is 0 Å². The van der Waals surface area contributed by atoms with Gasteiger partial charge in [0.15, 0.2) is 0 Å². The van der Waals surface area contributed by atoms with Gasteiger partial charge in [-0.05, 0) is 26.0 Å². The Kier molecular flexibility index (Phi) is 5.51. The summed E-state index contributed by atoms with van der Waals surface area (Å²) in [7, 11) is 0. The normalized spacial score (nSPS) is 11.9. The SMILES string of the molecule is Cc1cccc(C(=O)N(CCC(=O)O)CC(C)O)c1. The van der Waals surface area contributed by atoms with Crippen LogP contribution in [0.25, 0.3) is 0 Å². The molecular formula is C14H19NO4. The number of hydrogen-bond donors (Lipinski definition) is 2. The highest BCUT2D eigenvalue weighted by Gasteiger charge is 2.18. The van der Waals surface area contributed by atoms with Crippen molar-refractivity contribution >= 4 is 11.9 Å². The molecule has 19 heavy (non-hydrogen) atoms. The van der Waals surface area contributed by atoms with Gasteiger partial charge in [-0.15, -0.1) is 0 Å². The number of nitrogens with zero attached hydrogens (tertiary/aromatic N) is 1. The number of benzene rings is 1. The molecule has 0 aliphatic rings. The van der Waals surface area contributed by atoms with Crippen LogP contribution in [0.15, 0.2) is 24.3 Å². The summed E-state index contributed by atoms with van der Waals surface area (Å²) in [5.74, 6) is -1.22. The molecular weight excluding hydrogens is 246 g/mol. The molecule has 0 aliphatic heterocycles. The average molecular weight is 265 g/mol. The Hall–Kier alpha value is -1.88. The van der Waals surface area contributed by atoms with Crippen LogP contribution in [0.4, 0.5) is 0 Å². The zero-order valence-electron chi connectivity index (χ0n) is 11.2. The molecule has 1 aromatic rings. The highest BCUT2D eigenvalue weighted by Crippen LogP contribution is 2.09. The van der Waals surface area contributed by atoms with Gasteiger partial charge in [-0.2, -0.15) is 0 Å². The zero-order valence-corrected chi connectivity index (χ0v) is 11.2.